The molecule has 7 heteroatoms. The molecule has 2 fully saturated rings. The van der Waals surface area contributed by atoms with E-state index in [9.17, 15) is 19.2 Å². The van der Waals surface area contributed by atoms with E-state index in [1.807, 2.05) is 11.5 Å². The molecule has 2 aliphatic rings. The van der Waals surface area contributed by atoms with Crippen LogP contribution in [0.15, 0.2) is 24.3 Å². The van der Waals surface area contributed by atoms with Crippen LogP contribution in [-0.4, -0.2) is 46.6 Å². The van der Waals surface area contributed by atoms with Gasteiger partial charge in [-0.1, -0.05) is 0 Å². The van der Waals surface area contributed by atoms with E-state index in [-0.39, 0.29) is 45.2 Å². The molecule has 0 amide bonds. The molecular weight excluding hydrogens is 457 g/mol. The average Bonchev–Trinajstić information content (AvgIpc) is 2.73. The van der Waals surface area contributed by atoms with Crippen molar-refractivity contribution >= 4 is 34.4 Å². The molecule has 0 spiro atoms. The van der Waals surface area contributed by atoms with Gasteiger partial charge in [0.25, 0.3) is 0 Å². The van der Waals surface area contributed by atoms with Crippen LogP contribution in [-0.2, 0) is 28.7 Å². The zero-order valence-corrected chi connectivity index (χ0v) is 21.4. The maximum atomic E-state index is 13.3. The summed E-state index contributed by atoms with van der Waals surface area (Å²) < 4.78 is 11.2. The SMILES string of the molecule is C=C(C)C(=O)OC1CCC([C](=O)[Ge]([CH3])([CH3])[C](=O)C2CCC(OC(=O)C(=C)C)CC2)CC1. The van der Waals surface area contributed by atoms with Crippen LogP contribution in [0.2, 0.25) is 11.5 Å². The first-order valence-electron chi connectivity index (χ1n) is 11.2. The van der Waals surface area contributed by atoms with E-state index in [4.69, 9.17) is 9.47 Å². The number of carbonyl (C=O) groups is 4. The van der Waals surface area contributed by atoms with Crippen molar-refractivity contribution in [3.63, 3.8) is 0 Å². The summed E-state index contributed by atoms with van der Waals surface area (Å²) in [5, 5.41) is 0. The number of hydrogen-bond acceptors (Lipinski definition) is 6. The van der Waals surface area contributed by atoms with Crippen LogP contribution in [0, 0.1) is 11.8 Å². The molecule has 2 aliphatic carbocycles. The summed E-state index contributed by atoms with van der Waals surface area (Å²) in [5.41, 5.74) is 0.757. The second-order valence-corrected chi connectivity index (χ2v) is 18.6. The van der Waals surface area contributed by atoms with Gasteiger partial charge in [-0.15, -0.1) is 0 Å². The molecule has 2 saturated carbocycles. The van der Waals surface area contributed by atoms with Gasteiger partial charge in [0, 0.05) is 0 Å². The normalized spacial score (nSPS) is 26.5. The topological polar surface area (TPSA) is 86.7 Å². The predicted octanol–water partition coefficient (Wildman–Crippen LogP) is 4.27. The third-order valence-electron chi connectivity index (χ3n) is 6.57. The van der Waals surface area contributed by atoms with Crippen molar-refractivity contribution in [2.45, 2.75) is 88.9 Å². The number of carbonyl (C=O) groups excluding carboxylic acids is 4. The van der Waals surface area contributed by atoms with Crippen LogP contribution in [0.4, 0.5) is 0 Å². The van der Waals surface area contributed by atoms with Gasteiger partial charge in [0.15, 0.2) is 0 Å². The molecule has 0 aromatic rings. The van der Waals surface area contributed by atoms with E-state index >= 15 is 0 Å². The summed E-state index contributed by atoms with van der Waals surface area (Å²) in [6.07, 6.45) is 4.94. The Balaban J connectivity index is 1.87. The molecule has 0 aliphatic heterocycles. The molecule has 31 heavy (non-hydrogen) atoms. The summed E-state index contributed by atoms with van der Waals surface area (Å²) in [6.45, 7) is 10.4. The van der Waals surface area contributed by atoms with Crippen LogP contribution in [0.5, 0.6) is 0 Å². The molecule has 0 aromatic carbocycles. The van der Waals surface area contributed by atoms with Crippen molar-refractivity contribution in [1.82, 2.24) is 0 Å². The standard InChI is InChI=1S/C24H36GeO6/c1-15(2)23(28)30-19-11-7-17(8-12-19)21(26)25(5,6)22(27)18-9-13-20(14-10-18)31-24(29)16(3)4/h17-20H,1,3,7-14H2,2,4-6H3. The van der Waals surface area contributed by atoms with Crippen molar-refractivity contribution in [1.29, 1.82) is 0 Å². The zero-order valence-electron chi connectivity index (χ0n) is 19.3. The fraction of sp³-hybridized carbons (Fsp3) is 0.667. The van der Waals surface area contributed by atoms with Gasteiger partial charge in [-0.2, -0.15) is 0 Å². The van der Waals surface area contributed by atoms with E-state index in [0.717, 1.165) is 0 Å². The number of esters is 2. The van der Waals surface area contributed by atoms with Gasteiger partial charge in [0.2, 0.25) is 0 Å². The molecule has 0 bridgehead atoms. The predicted molar refractivity (Wildman–Crippen MR) is 121 cm³/mol. The summed E-state index contributed by atoms with van der Waals surface area (Å²) in [7, 11) is 0. The second kappa shape index (κ2) is 10.7. The molecule has 0 aromatic heterocycles. The van der Waals surface area contributed by atoms with Crippen LogP contribution in [0.3, 0.4) is 0 Å². The Bertz CT molecular complexity index is 690. The molecule has 0 N–H and O–H groups in total. The van der Waals surface area contributed by atoms with E-state index in [1.165, 1.54) is 0 Å². The average molecular weight is 493 g/mol. The van der Waals surface area contributed by atoms with Crippen LogP contribution in [0.1, 0.15) is 65.2 Å². The molecule has 0 radical (unpaired) electrons. The first-order valence-corrected chi connectivity index (χ1v) is 17.5. The zero-order chi connectivity index (χ0) is 23.3. The number of ether oxygens (including phenoxy) is 2. The van der Waals surface area contributed by atoms with Crippen molar-refractivity contribution in [3.05, 3.63) is 24.3 Å². The Hall–Kier alpha value is -1.70. The summed E-state index contributed by atoms with van der Waals surface area (Å²) >= 11 is -3.35. The third kappa shape index (κ3) is 6.64. The molecular formula is C24H36GeO6. The Kier molecular flexibility index (Phi) is 8.86. The minimum absolute atomic E-state index is 0.105. The second-order valence-electron chi connectivity index (χ2n) is 9.67. The maximum absolute atomic E-state index is 13.3. The van der Waals surface area contributed by atoms with Gasteiger partial charge in [-0.3, -0.25) is 0 Å². The van der Waals surface area contributed by atoms with E-state index in [2.05, 4.69) is 13.2 Å². The van der Waals surface area contributed by atoms with E-state index < -0.39 is 13.3 Å². The monoisotopic (exact) mass is 494 g/mol. The van der Waals surface area contributed by atoms with Crippen LogP contribution < -0.4 is 0 Å². The summed E-state index contributed by atoms with van der Waals surface area (Å²) in [5.74, 6) is 2.87. The summed E-state index contributed by atoms with van der Waals surface area (Å²) in [4.78, 5) is 50.0. The van der Waals surface area contributed by atoms with Gasteiger partial charge in [-0.25, -0.2) is 0 Å². The first-order chi connectivity index (χ1) is 14.4. The minimum atomic E-state index is -3.35. The number of hydrogen-bond donors (Lipinski definition) is 0. The number of rotatable bonds is 8. The van der Waals surface area contributed by atoms with Crippen molar-refractivity contribution in [2.24, 2.45) is 11.8 Å². The van der Waals surface area contributed by atoms with Gasteiger partial charge in [-0.05, 0) is 0 Å². The Labute approximate surface area is 188 Å². The third-order valence-corrected chi connectivity index (χ3v) is 13.4. The molecule has 0 unspecified atom stereocenters. The fourth-order valence-electron chi connectivity index (χ4n) is 4.53. The van der Waals surface area contributed by atoms with Gasteiger partial charge in [0.1, 0.15) is 0 Å². The Morgan fingerprint density at radius 3 is 1.19 bits per heavy atom. The molecule has 2 rings (SSSR count). The summed E-state index contributed by atoms with van der Waals surface area (Å²) in [6, 6.07) is 0. The van der Waals surface area contributed by atoms with Crippen LogP contribution >= 0.6 is 0 Å². The molecule has 0 atom stereocenters. The van der Waals surface area contributed by atoms with Crippen molar-refractivity contribution in [2.75, 3.05) is 0 Å². The van der Waals surface area contributed by atoms with Crippen molar-refractivity contribution < 1.29 is 28.7 Å². The molecule has 0 saturated heterocycles. The fourth-order valence-corrected chi connectivity index (χ4v) is 10.5. The van der Waals surface area contributed by atoms with Gasteiger partial charge in [0.05, 0.1) is 0 Å². The van der Waals surface area contributed by atoms with Crippen molar-refractivity contribution in [3.8, 4) is 0 Å². The van der Waals surface area contributed by atoms with Gasteiger partial charge < -0.3 is 0 Å². The van der Waals surface area contributed by atoms with Crippen LogP contribution in [0.25, 0.3) is 0 Å². The molecule has 172 valence electrons. The van der Waals surface area contributed by atoms with E-state index in [1.54, 1.807) is 13.8 Å². The van der Waals surface area contributed by atoms with E-state index in [0.29, 0.717) is 62.5 Å². The molecule has 0 heterocycles. The first kappa shape index (κ1) is 25.6. The molecule has 6 nitrogen and oxygen atoms in total. The quantitative estimate of drug-likeness (QED) is 0.285. The van der Waals surface area contributed by atoms with Gasteiger partial charge >= 0.3 is 188 Å². The Morgan fingerprint density at radius 1 is 0.645 bits per heavy atom. The Morgan fingerprint density at radius 2 is 0.935 bits per heavy atom.